The molecule has 2 unspecified atom stereocenters. The molecule has 2 aromatic carbocycles. The van der Waals surface area contributed by atoms with Gasteiger partial charge in [0, 0.05) is 17.9 Å². The molecule has 3 aromatic rings. The van der Waals surface area contributed by atoms with Crippen LogP contribution in [-0.2, 0) is 18.4 Å². The molecule has 0 radical (unpaired) electrons. The number of aromatic amines is 2. The number of hydrogen-bond acceptors (Lipinski definition) is 3. The number of benzene rings is 2. The van der Waals surface area contributed by atoms with Crippen LogP contribution in [0.3, 0.4) is 0 Å². The zero-order valence-electron chi connectivity index (χ0n) is 16.7. The van der Waals surface area contributed by atoms with Gasteiger partial charge in [0.05, 0.1) is 5.69 Å². The Kier molecular flexibility index (Phi) is 5.01. The highest BCUT2D eigenvalue weighted by atomic mass is 16.3. The van der Waals surface area contributed by atoms with Crippen LogP contribution in [-0.4, -0.2) is 15.1 Å². The van der Waals surface area contributed by atoms with E-state index in [1.807, 2.05) is 62.4 Å². The topological polar surface area (TPSA) is 85.9 Å². The molecule has 0 saturated carbocycles. The Bertz CT molecular complexity index is 1130. The van der Waals surface area contributed by atoms with E-state index in [2.05, 4.69) is 16.0 Å². The largest absolute Gasteiger partial charge is 0.383 e. The Morgan fingerprint density at radius 2 is 1.72 bits per heavy atom. The average Bonchev–Trinajstić information content (AvgIpc) is 3.12. The Balaban J connectivity index is 1.96. The number of aromatic nitrogens is 2. The molecule has 3 N–H and O–H groups in total. The summed E-state index contributed by atoms with van der Waals surface area (Å²) in [6.45, 7) is 3.80. The van der Waals surface area contributed by atoms with Gasteiger partial charge >= 0.3 is 5.69 Å². The Morgan fingerprint density at radius 1 is 1.03 bits per heavy atom. The SMILES string of the molecule is CC(C)c1c(C(O)(Cc2ccccc2)C2CCc3ccccc32)[nH]c(=O)[nH]c1=O. The summed E-state index contributed by atoms with van der Waals surface area (Å²) in [5, 5.41) is 12.2. The van der Waals surface area contributed by atoms with E-state index >= 15 is 0 Å². The van der Waals surface area contributed by atoms with E-state index in [9.17, 15) is 14.7 Å². The monoisotopic (exact) mass is 390 g/mol. The van der Waals surface area contributed by atoms with Crippen molar-refractivity contribution >= 4 is 0 Å². The maximum atomic E-state index is 12.7. The van der Waals surface area contributed by atoms with Gasteiger partial charge in [0.2, 0.25) is 0 Å². The second kappa shape index (κ2) is 7.48. The molecule has 150 valence electrons. The first-order valence-electron chi connectivity index (χ1n) is 10.1. The smallest absolute Gasteiger partial charge is 0.326 e. The normalized spacial score (nSPS) is 17.9. The van der Waals surface area contributed by atoms with Gasteiger partial charge in [-0.3, -0.25) is 9.78 Å². The third kappa shape index (κ3) is 3.47. The van der Waals surface area contributed by atoms with Crippen molar-refractivity contribution in [2.75, 3.05) is 0 Å². The molecule has 29 heavy (non-hydrogen) atoms. The Morgan fingerprint density at radius 3 is 2.45 bits per heavy atom. The lowest BCUT2D eigenvalue weighted by atomic mass is 9.74. The summed E-state index contributed by atoms with van der Waals surface area (Å²) in [4.78, 5) is 30.0. The quantitative estimate of drug-likeness (QED) is 0.624. The van der Waals surface area contributed by atoms with Crippen molar-refractivity contribution in [3.8, 4) is 0 Å². The fourth-order valence-corrected chi connectivity index (χ4v) is 4.73. The van der Waals surface area contributed by atoms with Crippen LogP contribution in [0.1, 0.15) is 60.1 Å². The number of aryl methyl sites for hydroxylation is 1. The van der Waals surface area contributed by atoms with Gasteiger partial charge in [0.15, 0.2) is 0 Å². The third-order valence-corrected chi connectivity index (χ3v) is 6.02. The lowest BCUT2D eigenvalue weighted by Gasteiger charge is -2.36. The summed E-state index contributed by atoms with van der Waals surface area (Å²) < 4.78 is 0. The first-order valence-corrected chi connectivity index (χ1v) is 10.1. The summed E-state index contributed by atoms with van der Waals surface area (Å²) in [6, 6.07) is 17.8. The molecule has 0 bridgehead atoms. The van der Waals surface area contributed by atoms with E-state index in [4.69, 9.17) is 0 Å². The highest BCUT2D eigenvalue weighted by Gasteiger charge is 2.45. The van der Waals surface area contributed by atoms with Gasteiger partial charge in [-0.2, -0.15) is 0 Å². The fourth-order valence-electron chi connectivity index (χ4n) is 4.73. The molecule has 2 atom stereocenters. The van der Waals surface area contributed by atoms with E-state index in [-0.39, 0.29) is 11.8 Å². The van der Waals surface area contributed by atoms with E-state index in [0.29, 0.717) is 17.7 Å². The predicted octanol–water partition coefficient (Wildman–Crippen LogP) is 3.35. The maximum Gasteiger partial charge on any atom is 0.326 e. The van der Waals surface area contributed by atoms with Gasteiger partial charge < -0.3 is 10.1 Å². The van der Waals surface area contributed by atoms with Crippen LogP contribution in [0.4, 0.5) is 0 Å². The standard InChI is InChI=1S/C24H26N2O3/c1-15(2)20-21(25-23(28)26-22(20)27)24(29,14-16-8-4-3-5-9-16)19-13-12-17-10-6-7-11-18(17)19/h3-11,15,19,29H,12-14H2,1-2H3,(H2,25,26,27,28). The van der Waals surface area contributed by atoms with Gasteiger partial charge in [-0.1, -0.05) is 68.4 Å². The molecule has 5 nitrogen and oxygen atoms in total. The predicted molar refractivity (Wildman–Crippen MR) is 113 cm³/mol. The van der Waals surface area contributed by atoms with Crippen LogP contribution in [0.5, 0.6) is 0 Å². The number of nitrogens with one attached hydrogen (secondary N) is 2. The van der Waals surface area contributed by atoms with Gasteiger partial charge in [-0.15, -0.1) is 0 Å². The molecular formula is C24H26N2O3. The van der Waals surface area contributed by atoms with Crippen LogP contribution >= 0.6 is 0 Å². The summed E-state index contributed by atoms with van der Waals surface area (Å²) in [5.74, 6) is -0.363. The van der Waals surface area contributed by atoms with Gasteiger partial charge in [0.1, 0.15) is 5.60 Å². The van der Waals surface area contributed by atoms with Crippen molar-refractivity contribution in [2.45, 2.75) is 50.5 Å². The molecule has 0 aliphatic heterocycles. The van der Waals surface area contributed by atoms with E-state index in [1.54, 1.807) is 0 Å². The molecule has 4 rings (SSSR count). The minimum atomic E-state index is -1.40. The number of H-pyrrole nitrogens is 2. The molecular weight excluding hydrogens is 364 g/mol. The van der Waals surface area contributed by atoms with Crippen LogP contribution in [0, 0.1) is 0 Å². The second-order valence-electron chi connectivity index (χ2n) is 8.23. The van der Waals surface area contributed by atoms with Crippen LogP contribution in [0.2, 0.25) is 0 Å². The Labute approximate surface area is 169 Å². The minimum Gasteiger partial charge on any atom is -0.383 e. The van der Waals surface area contributed by atoms with Crippen LogP contribution in [0.25, 0.3) is 0 Å². The number of fused-ring (bicyclic) bond motifs is 1. The number of rotatable bonds is 5. The third-order valence-electron chi connectivity index (χ3n) is 6.02. The van der Waals surface area contributed by atoms with Crippen LogP contribution < -0.4 is 11.2 Å². The Hall–Kier alpha value is -2.92. The van der Waals surface area contributed by atoms with Crippen molar-refractivity contribution in [3.63, 3.8) is 0 Å². The molecule has 1 aliphatic carbocycles. The molecule has 0 fully saturated rings. The molecule has 1 heterocycles. The lowest BCUT2D eigenvalue weighted by molar-refractivity contribution is 0.00158. The summed E-state index contributed by atoms with van der Waals surface area (Å²) >= 11 is 0. The molecule has 0 spiro atoms. The molecule has 0 saturated heterocycles. The minimum absolute atomic E-state index is 0.149. The first kappa shape index (κ1) is 19.4. The zero-order valence-corrected chi connectivity index (χ0v) is 16.7. The highest BCUT2D eigenvalue weighted by molar-refractivity contribution is 5.41. The summed E-state index contributed by atoms with van der Waals surface area (Å²) in [6.07, 6.45) is 1.93. The maximum absolute atomic E-state index is 12.7. The number of aliphatic hydroxyl groups is 1. The van der Waals surface area contributed by atoms with Crippen molar-refractivity contribution < 1.29 is 5.11 Å². The molecule has 1 aliphatic rings. The summed E-state index contributed by atoms with van der Waals surface area (Å²) in [7, 11) is 0. The van der Waals surface area contributed by atoms with E-state index < -0.39 is 16.9 Å². The first-order chi connectivity index (χ1) is 13.9. The lowest BCUT2D eigenvalue weighted by Crippen LogP contribution is -2.42. The van der Waals surface area contributed by atoms with Crippen LogP contribution in [0.15, 0.2) is 64.2 Å². The van der Waals surface area contributed by atoms with Gasteiger partial charge in [0.25, 0.3) is 5.56 Å². The van der Waals surface area contributed by atoms with E-state index in [0.717, 1.165) is 24.0 Å². The molecule has 1 aromatic heterocycles. The molecule has 0 amide bonds. The van der Waals surface area contributed by atoms with Crippen molar-refractivity contribution in [3.05, 3.63) is 103 Å². The second-order valence-corrected chi connectivity index (χ2v) is 8.23. The summed E-state index contributed by atoms with van der Waals surface area (Å²) in [5.41, 5.74) is 1.60. The highest BCUT2D eigenvalue weighted by Crippen LogP contribution is 2.47. The van der Waals surface area contributed by atoms with Crippen molar-refractivity contribution in [1.29, 1.82) is 0 Å². The fraction of sp³-hybridized carbons (Fsp3) is 0.333. The zero-order chi connectivity index (χ0) is 20.6. The van der Waals surface area contributed by atoms with Gasteiger partial charge in [-0.25, -0.2) is 4.79 Å². The number of hydrogen-bond donors (Lipinski definition) is 3. The van der Waals surface area contributed by atoms with E-state index in [1.165, 1.54) is 5.56 Å². The molecule has 5 heteroatoms. The average molecular weight is 390 g/mol. The van der Waals surface area contributed by atoms with Crippen molar-refractivity contribution in [1.82, 2.24) is 9.97 Å². The van der Waals surface area contributed by atoms with Crippen molar-refractivity contribution in [2.24, 2.45) is 0 Å². The van der Waals surface area contributed by atoms with Gasteiger partial charge in [-0.05, 0) is 35.4 Å².